The van der Waals surface area contributed by atoms with Gasteiger partial charge in [0.1, 0.15) is 0 Å². The molecular weight excluding hydrogens is 354 g/mol. The number of carbonyl (C=O) groups is 1. The molecule has 0 aliphatic heterocycles. The summed E-state index contributed by atoms with van der Waals surface area (Å²) in [6.07, 6.45) is 1.48. The number of aromatic nitrogens is 3. The van der Waals surface area contributed by atoms with Gasteiger partial charge in [-0.15, -0.1) is 0 Å². The third-order valence-corrected chi connectivity index (χ3v) is 5.55. The molecule has 0 saturated carbocycles. The van der Waals surface area contributed by atoms with Crippen LogP contribution in [0.5, 0.6) is 0 Å². The van der Waals surface area contributed by atoms with E-state index in [9.17, 15) is 14.7 Å². The van der Waals surface area contributed by atoms with Crippen LogP contribution in [0.3, 0.4) is 0 Å². The molecule has 2 aromatic heterocycles. The molecule has 0 amide bonds. The van der Waals surface area contributed by atoms with Gasteiger partial charge >= 0.3 is 5.69 Å². The lowest BCUT2D eigenvalue weighted by atomic mass is 9.94. The molecule has 0 spiro atoms. The molecule has 4 rings (SSSR count). The normalized spacial score (nSPS) is 15.1. The molecule has 0 saturated heterocycles. The molecule has 1 N–H and O–H groups in total. The summed E-state index contributed by atoms with van der Waals surface area (Å²) in [4.78, 5) is 28.9. The summed E-state index contributed by atoms with van der Waals surface area (Å²) in [5.74, 6) is 0.132. The molecule has 2 heterocycles. The Morgan fingerprint density at radius 2 is 1.82 bits per heavy atom. The van der Waals surface area contributed by atoms with Crippen LogP contribution in [0.4, 0.5) is 0 Å². The second kappa shape index (κ2) is 7.02. The van der Waals surface area contributed by atoms with E-state index in [2.05, 4.69) is 11.1 Å². The van der Waals surface area contributed by atoms with E-state index in [1.54, 1.807) is 6.92 Å². The Morgan fingerprint density at radius 1 is 1.07 bits per heavy atom. The van der Waals surface area contributed by atoms with E-state index in [-0.39, 0.29) is 24.6 Å². The van der Waals surface area contributed by atoms with E-state index >= 15 is 0 Å². The van der Waals surface area contributed by atoms with E-state index < -0.39 is 6.10 Å². The highest BCUT2D eigenvalue weighted by atomic mass is 16.3. The molecule has 3 aromatic rings. The molecule has 0 bridgehead atoms. The van der Waals surface area contributed by atoms with Crippen LogP contribution in [0.1, 0.15) is 45.8 Å². The lowest BCUT2D eigenvalue weighted by molar-refractivity contribution is 0.0952. The molecule has 1 aromatic carbocycles. The van der Waals surface area contributed by atoms with Crippen molar-refractivity contribution in [2.45, 2.75) is 59.2 Å². The Hall–Kier alpha value is -2.73. The van der Waals surface area contributed by atoms with Gasteiger partial charge in [-0.25, -0.2) is 4.79 Å². The van der Waals surface area contributed by atoms with Crippen molar-refractivity contribution in [3.8, 4) is 0 Å². The number of Topliss-reactive ketones (excluding diaryl/α,β-unsaturated/α-hetero) is 1. The standard InChI is InChI=1S/C22H25N3O3/c1-13-7-8-19-18(9-13)17-5-4-6-20(27)21(17)25(19)12-16(26)11-24-15(3)10-14(2)23-22(24)28/h7-10,16,26H,4-6,11-12H2,1-3H3/t16-/m0/s1. The largest absolute Gasteiger partial charge is 0.389 e. The molecule has 1 aliphatic rings. The first-order chi connectivity index (χ1) is 13.3. The number of nitrogens with zero attached hydrogens (tertiary/aromatic N) is 3. The van der Waals surface area contributed by atoms with E-state index in [0.717, 1.165) is 46.3 Å². The van der Waals surface area contributed by atoms with Crippen molar-refractivity contribution in [2.24, 2.45) is 0 Å². The van der Waals surface area contributed by atoms with Crippen LogP contribution in [-0.4, -0.2) is 31.1 Å². The summed E-state index contributed by atoms with van der Waals surface area (Å²) < 4.78 is 3.43. The monoisotopic (exact) mass is 379 g/mol. The van der Waals surface area contributed by atoms with Crippen LogP contribution in [0.25, 0.3) is 10.9 Å². The van der Waals surface area contributed by atoms with Crippen molar-refractivity contribution < 1.29 is 9.90 Å². The zero-order valence-corrected chi connectivity index (χ0v) is 16.5. The summed E-state index contributed by atoms with van der Waals surface area (Å²) in [5.41, 5.74) is 5.00. The van der Waals surface area contributed by atoms with Gasteiger partial charge in [-0.3, -0.25) is 9.36 Å². The smallest absolute Gasteiger partial charge is 0.348 e. The highest BCUT2D eigenvalue weighted by Gasteiger charge is 2.27. The van der Waals surface area contributed by atoms with Gasteiger partial charge < -0.3 is 9.67 Å². The summed E-state index contributed by atoms with van der Waals surface area (Å²) in [6.45, 7) is 6.07. The predicted molar refractivity (Wildman–Crippen MR) is 108 cm³/mol. The molecule has 1 atom stereocenters. The third-order valence-electron chi connectivity index (χ3n) is 5.55. The average Bonchev–Trinajstić information content (AvgIpc) is 2.92. The number of ketones is 1. The maximum Gasteiger partial charge on any atom is 0.348 e. The number of fused-ring (bicyclic) bond motifs is 3. The minimum atomic E-state index is -0.809. The SMILES string of the molecule is Cc1ccc2c(c1)c1c(n2C[C@@H](O)Cn2c(C)cc(C)nc2=O)C(=O)CCC1. The number of aliphatic hydroxyl groups is 1. The number of hydrogen-bond donors (Lipinski definition) is 1. The van der Waals surface area contributed by atoms with Crippen LogP contribution in [0.15, 0.2) is 29.1 Å². The van der Waals surface area contributed by atoms with Crippen molar-refractivity contribution in [3.63, 3.8) is 0 Å². The molecule has 0 radical (unpaired) electrons. The van der Waals surface area contributed by atoms with Crippen LogP contribution in [0.2, 0.25) is 0 Å². The third kappa shape index (κ3) is 3.18. The summed E-state index contributed by atoms with van der Waals surface area (Å²) in [7, 11) is 0. The van der Waals surface area contributed by atoms with Crippen molar-refractivity contribution in [1.82, 2.24) is 14.1 Å². The van der Waals surface area contributed by atoms with Gasteiger partial charge in [0.2, 0.25) is 0 Å². The Bertz CT molecular complexity index is 1140. The van der Waals surface area contributed by atoms with Gasteiger partial charge in [0.05, 0.1) is 24.9 Å². The van der Waals surface area contributed by atoms with Crippen LogP contribution >= 0.6 is 0 Å². The average molecular weight is 379 g/mol. The molecule has 1 aliphatic carbocycles. The first-order valence-corrected chi connectivity index (χ1v) is 9.73. The molecule has 0 unspecified atom stereocenters. The van der Waals surface area contributed by atoms with Crippen LogP contribution < -0.4 is 5.69 Å². The van der Waals surface area contributed by atoms with Crippen molar-refractivity contribution in [1.29, 1.82) is 0 Å². The Morgan fingerprint density at radius 3 is 2.57 bits per heavy atom. The van der Waals surface area contributed by atoms with Gasteiger partial charge in [0, 0.05) is 28.7 Å². The highest BCUT2D eigenvalue weighted by Crippen LogP contribution is 2.33. The lowest BCUT2D eigenvalue weighted by Crippen LogP contribution is -2.33. The van der Waals surface area contributed by atoms with Gasteiger partial charge in [0.25, 0.3) is 0 Å². The van der Waals surface area contributed by atoms with Crippen molar-refractivity contribution >= 4 is 16.7 Å². The molecule has 0 fully saturated rings. The Kier molecular flexibility index (Phi) is 4.67. The van der Waals surface area contributed by atoms with Gasteiger partial charge in [-0.05, 0) is 57.4 Å². The Balaban J connectivity index is 1.73. The summed E-state index contributed by atoms with van der Waals surface area (Å²) in [6, 6.07) is 8.00. The first kappa shape index (κ1) is 18.6. The van der Waals surface area contributed by atoms with Gasteiger partial charge in [-0.1, -0.05) is 11.6 Å². The fourth-order valence-corrected chi connectivity index (χ4v) is 4.32. The highest BCUT2D eigenvalue weighted by molar-refractivity contribution is 6.04. The zero-order chi connectivity index (χ0) is 20.0. The van der Waals surface area contributed by atoms with Crippen LogP contribution in [0, 0.1) is 20.8 Å². The topological polar surface area (TPSA) is 77.1 Å². The minimum Gasteiger partial charge on any atom is -0.389 e. The van der Waals surface area contributed by atoms with E-state index in [4.69, 9.17) is 0 Å². The summed E-state index contributed by atoms with van der Waals surface area (Å²) in [5, 5.41) is 11.9. The molecule has 6 nitrogen and oxygen atoms in total. The second-order valence-electron chi connectivity index (χ2n) is 7.82. The van der Waals surface area contributed by atoms with Gasteiger partial charge in [-0.2, -0.15) is 4.98 Å². The quantitative estimate of drug-likeness (QED) is 0.756. The first-order valence-electron chi connectivity index (χ1n) is 9.73. The van der Waals surface area contributed by atoms with Crippen LogP contribution in [-0.2, 0) is 19.5 Å². The number of rotatable bonds is 4. The maximum atomic E-state index is 12.7. The van der Waals surface area contributed by atoms with Gasteiger partial charge in [0.15, 0.2) is 5.78 Å². The predicted octanol–water partition coefficient (Wildman–Crippen LogP) is 2.70. The summed E-state index contributed by atoms with van der Waals surface area (Å²) >= 11 is 0. The van der Waals surface area contributed by atoms with Crippen molar-refractivity contribution in [3.05, 3.63) is 63.0 Å². The maximum absolute atomic E-state index is 12.7. The number of benzene rings is 1. The molecular formula is C22H25N3O3. The molecule has 146 valence electrons. The number of aryl methyl sites for hydroxylation is 4. The molecule has 6 heteroatoms. The lowest BCUT2D eigenvalue weighted by Gasteiger charge is -2.19. The fourth-order valence-electron chi connectivity index (χ4n) is 4.32. The van der Waals surface area contributed by atoms with E-state index in [1.165, 1.54) is 4.57 Å². The Labute approximate surface area is 163 Å². The fraction of sp³-hybridized carbons (Fsp3) is 0.409. The number of carbonyl (C=O) groups excluding carboxylic acids is 1. The van der Waals surface area contributed by atoms with E-state index in [0.29, 0.717) is 12.1 Å². The zero-order valence-electron chi connectivity index (χ0n) is 16.5. The minimum absolute atomic E-state index is 0.132. The van der Waals surface area contributed by atoms with Crippen molar-refractivity contribution in [2.75, 3.05) is 0 Å². The number of hydrogen-bond acceptors (Lipinski definition) is 4. The van der Waals surface area contributed by atoms with E-state index in [1.807, 2.05) is 36.6 Å². The second-order valence-corrected chi connectivity index (χ2v) is 7.82. The molecule has 28 heavy (non-hydrogen) atoms. The number of aliphatic hydroxyl groups excluding tert-OH is 1.